The molecule has 2 aromatic carbocycles. The molecule has 0 radical (unpaired) electrons. The molecule has 0 spiro atoms. The molecule has 0 atom stereocenters. The summed E-state index contributed by atoms with van der Waals surface area (Å²) in [5.74, 6) is 0.808. The minimum Gasteiger partial charge on any atom is -0.497 e. The van der Waals surface area contributed by atoms with E-state index in [-0.39, 0.29) is 5.78 Å². The first kappa shape index (κ1) is 12.5. The second-order valence-corrected chi connectivity index (χ2v) is 4.71. The SMILES string of the molecule is COc1ccc2[nH]c(C(C)=O)c(-c3ccccc3)c2c1. The normalized spacial score (nSPS) is 10.7. The first-order chi connectivity index (χ1) is 9.70. The van der Waals surface area contributed by atoms with Crippen LogP contribution in [0.25, 0.3) is 22.0 Å². The van der Waals surface area contributed by atoms with Gasteiger partial charge in [0.25, 0.3) is 0 Å². The Morgan fingerprint density at radius 3 is 2.50 bits per heavy atom. The van der Waals surface area contributed by atoms with Crippen LogP contribution in [0, 0.1) is 0 Å². The van der Waals surface area contributed by atoms with Crippen LogP contribution in [0.4, 0.5) is 0 Å². The number of aromatic nitrogens is 1. The molecule has 0 saturated carbocycles. The third kappa shape index (κ3) is 1.97. The summed E-state index contributed by atoms with van der Waals surface area (Å²) in [5, 5.41) is 1.00. The van der Waals surface area contributed by atoms with Crippen LogP contribution in [0.3, 0.4) is 0 Å². The molecule has 0 aliphatic carbocycles. The monoisotopic (exact) mass is 265 g/mol. The maximum Gasteiger partial charge on any atom is 0.176 e. The summed E-state index contributed by atoms with van der Waals surface area (Å²) in [6.45, 7) is 1.58. The molecule has 1 aromatic heterocycles. The van der Waals surface area contributed by atoms with Crippen molar-refractivity contribution in [1.29, 1.82) is 0 Å². The third-order valence-corrected chi connectivity index (χ3v) is 3.42. The summed E-state index contributed by atoms with van der Waals surface area (Å²) in [6, 6.07) is 15.7. The number of methoxy groups -OCH3 is 1. The number of fused-ring (bicyclic) bond motifs is 1. The highest BCUT2D eigenvalue weighted by molar-refractivity contribution is 6.09. The summed E-state index contributed by atoms with van der Waals surface area (Å²) in [5.41, 5.74) is 3.54. The van der Waals surface area contributed by atoms with Crippen LogP contribution in [-0.2, 0) is 0 Å². The maximum absolute atomic E-state index is 11.9. The van der Waals surface area contributed by atoms with E-state index in [1.807, 2.05) is 48.5 Å². The first-order valence-electron chi connectivity index (χ1n) is 6.47. The molecular weight excluding hydrogens is 250 g/mol. The smallest absolute Gasteiger partial charge is 0.176 e. The molecule has 100 valence electrons. The van der Waals surface area contributed by atoms with E-state index in [2.05, 4.69) is 4.98 Å². The summed E-state index contributed by atoms with van der Waals surface area (Å²) in [6.07, 6.45) is 0. The van der Waals surface area contributed by atoms with Crippen LogP contribution >= 0.6 is 0 Å². The number of H-pyrrole nitrogens is 1. The van der Waals surface area contributed by atoms with Gasteiger partial charge in [-0.1, -0.05) is 30.3 Å². The first-order valence-corrected chi connectivity index (χ1v) is 6.47. The maximum atomic E-state index is 11.9. The Bertz CT molecular complexity index is 772. The van der Waals surface area contributed by atoms with E-state index in [0.29, 0.717) is 5.69 Å². The van der Waals surface area contributed by atoms with Crippen LogP contribution in [0.1, 0.15) is 17.4 Å². The van der Waals surface area contributed by atoms with Gasteiger partial charge in [-0.3, -0.25) is 4.79 Å². The molecule has 0 aliphatic rings. The number of carbonyl (C=O) groups is 1. The highest BCUT2D eigenvalue weighted by Crippen LogP contribution is 2.34. The lowest BCUT2D eigenvalue weighted by Crippen LogP contribution is -1.94. The van der Waals surface area contributed by atoms with Crippen molar-refractivity contribution >= 4 is 16.7 Å². The van der Waals surface area contributed by atoms with Crippen LogP contribution in [0.2, 0.25) is 0 Å². The number of nitrogens with one attached hydrogen (secondary N) is 1. The molecule has 1 heterocycles. The molecule has 0 saturated heterocycles. The van der Waals surface area contributed by atoms with E-state index in [9.17, 15) is 4.79 Å². The topological polar surface area (TPSA) is 42.1 Å². The quantitative estimate of drug-likeness (QED) is 0.726. The molecule has 3 rings (SSSR count). The highest BCUT2D eigenvalue weighted by atomic mass is 16.5. The van der Waals surface area contributed by atoms with Gasteiger partial charge in [-0.25, -0.2) is 0 Å². The fraction of sp³-hybridized carbons (Fsp3) is 0.118. The molecule has 1 N–H and O–H groups in total. The average Bonchev–Trinajstić information content (AvgIpc) is 2.86. The molecule has 0 aliphatic heterocycles. The van der Waals surface area contributed by atoms with Gasteiger partial charge in [0.15, 0.2) is 5.78 Å². The number of hydrogen-bond acceptors (Lipinski definition) is 2. The van der Waals surface area contributed by atoms with Gasteiger partial charge in [0.05, 0.1) is 12.8 Å². The summed E-state index contributed by atoms with van der Waals surface area (Å²) >= 11 is 0. The van der Waals surface area contributed by atoms with Crippen molar-refractivity contribution < 1.29 is 9.53 Å². The Labute approximate surface area is 117 Å². The summed E-state index contributed by atoms with van der Waals surface area (Å²) in [4.78, 5) is 15.1. The van der Waals surface area contributed by atoms with E-state index in [0.717, 1.165) is 27.8 Å². The van der Waals surface area contributed by atoms with E-state index in [1.165, 1.54) is 0 Å². The van der Waals surface area contributed by atoms with Crippen molar-refractivity contribution in [3.63, 3.8) is 0 Å². The Morgan fingerprint density at radius 1 is 1.10 bits per heavy atom. The van der Waals surface area contributed by atoms with Crippen LogP contribution in [0.15, 0.2) is 48.5 Å². The predicted molar refractivity (Wildman–Crippen MR) is 80.3 cm³/mol. The number of ketones is 1. The summed E-state index contributed by atoms with van der Waals surface area (Å²) in [7, 11) is 1.64. The number of benzene rings is 2. The van der Waals surface area contributed by atoms with Gasteiger partial charge in [-0.15, -0.1) is 0 Å². The second-order valence-electron chi connectivity index (χ2n) is 4.71. The lowest BCUT2D eigenvalue weighted by atomic mass is 10.0. The van der Waals surface area contributed by atoms with E-state index in [1.54, 1.807) is 14.0 Å². The zero-order chi connectivity index (χ0) is 14.1. The van der Waals surface area contributed by atoms with Crippen LogP contribution in [0.5, 0.6) is 5.75 Å². The molecule has 0 amide bonds. The van der Waals surface area contributed by atoms with E-state index < -0.39 is 0 Å². The molecular formula is C17H15NO2. The predicted octanol–water partition coefficient (Wildman–Crippen LogP) is 4.05. The second kappa shape index (κ2) is 4.85. The van der Waals surface area contributed by atoms with Gasteiger partial charge in [0, 0.05) is 23.4 Å². The zero-order valence-electron chi connectivity index (χ0n) is 11.4. The highest BCUT2D eigenvalue weighted by Gasteiger charge is 2.16. The average molecular weight is 265 g/mol. The number of carbonyl (C=O) groups excluding carboxylic acids is 1. The lowest BCUT2D eigenvalue weighted by molar-refractivity contribution is 0.101. The molecule has 20 heavy (non-hydrogen) atoms. The fourth-order valence-corrected chi connectivity index (χ4v) is 2.47. The van der Waals surface area contributed by atoms with Crippen molar-refractivity contribution in [2.24, 2.45) is 0 Å². The summed E-state index contributed by atoms with van der Waals surface area (Å²) < 4.78 is 5.28. The van der Waals surface area contributed by atoms with Crippen molar-refractivity contribution in [3.05, 3.63) is 54.2 Å². The third-order valence-electron chi connectivity index (χ3n) is 3.42. The van der Waals surface area contributed by atoms with Crippen molar-refractivity contribution in [2.45, 2.75) is 6.92 Å². The molecule has 3 heteroatoms. The fourth-order valence-electron chi connectivity index (χ4n) is 2.47. The van der Waals surface area contributed by atoms with E-state index >= 15 is 0 Å². The number of Topliss-reactive ketones (excluding diaryl/α,β-unsaturated/α-hetero) is 1. The number of rotatable bonds is 3. The van der Waals surface area contributed by atoms with E-state index in [4.69, 9.17) is 4.74 Å². The number of hydrogen-bond donors (Lipinski definition) is 1. The van der Waals surface area contributed by atoms with Gasteiger partial charge < -0.3 is 9.72 Å². The van der Waals surface area contributed by atoms with Gasteiger partial charge in [-0.05, 0) is 23.8 Å². The van der Waals surface area contributed by atoms with Gasteiger partial charge in [0.2, 0.25) is 0 Å². The largest absolute Gasteiger partial charge is 0.497 e. The Morgan fingerprint density at radius 2 is 1.85 bits per heavy atom. The minimum atomic E-state index is 0.0269. The van der Waals surface area contributed by atoms with Gasteiger partial charge >= 0.3 is 0 Å². The molecule has 3 nitrogen and oxygen atoms in total. The van der Waals surface area contributed by atoms with Gasteiger partial charge in [0.1, 0.15) is 5.75 Å². The van der Waals surface area contributed by atoms with Crippen LogP contribution in [-0.4, -0.2) is 17.9 Å². The van der Waals surface area contributed by atoms with Crippen LogP contribution < -0.4 is 4.74 Å². The minimum absolute atomic E-state index is 0.0269. The molecule has 0 bridgehead atoms. The molecule has 0 fully saturated rings. The number of ether oxygens (including phenoxy) is 1. The van der Waals surface area contributed by atoms with Crippen molar-refractivity contribution in [2.75, 3.05) is 7.11 Å². The Kier molecular flexibility index (Phi) is 3.03. The lowest BCUT2D eigenvalue weighted by Gasteiger charge is -2.04. The van der Waals surface area contributed by atoms with Gasteiger partial charge in [-0.2, -0.15) is 0 Å². The molecule has 0 unspecified atom stereocenters. The number of aromatic amines is 1. The van der Waals surface area contributed by atoms with Crippen molar-refractivity contribution in [3.8, 4) is 16.9 Å². The Balaban J connectivity index is 2.36. The standard InChI is InChI=1S/C17H15NO2/c1-11(19)17-16(12-6-4-3-5-7-12)14-10-13(20-2)8-9-15(14)18-17/h3-10,18H,1-2H3. The zero-order valence-corrected chi connectivity index (χ0v) is 11.4. The molecule has 3 aromatic rings. The van der Waals surface area contributed by atoms with Crippen molar-refractivity contribution in [1.82, 2.24) is 4.98 Å². The Hall–Kier alpha value is -2.55.